The van der Waals surface area contributed by atoms with Crippen molar-refractivity contribution in [2.24, 2.45) is 4.99 Å². The van der Waals surface area contributed by atoms with Crippen LogP contribution in [0.3, 0.4) is 0 Å². The number of hydrogen-bond donors (Lipinski definition) is 0. The number of rotatable bonds is 4. The van der Waals surface area contributed by atoms with Gasteiger partial charge in [-0.1, -0.05) is 119 Å². The fourth-order valence-corrected chi connectivity index (χ4v) is 10.6. The van der Waals surface area contributed by atoms with Gasteiger partial charge in [0.25, 0.3) is 0 Å². The van der Waals surface area contributed by atoms with Crippen molar-refractivity contribution in [2.45, 2.75) is 89.1 Å². The summed E-state index contributed by atoms with van der Waals surface area (Å²) in [7, 11) is 0. The van der Waals surface area contributed by atoms with E-state index in [2.05, 4.69) is 180 Å². The van der Waals surface area contributed by atoms with Gasteiger partial charge >= 0.3 is 16.8 Å². The number of aliphatic imine (C=N–C) groups is 1. The van der Waals surface area contributed by atoms with Crippen LogP contribution in [0.5, 0.6) is 0 Å². The second-order valence-corrected chi connectivity index (χ2v) is 17.6. The molecule has 4 nitrogen and oxygen atoms in total. The van der Waals surface area contributed by atoms with Crippen molar-refractivity contribution in [3.63, 3.8) is 0 Å². The topological polar surface area (TPSA) is 54.7 Å². The first-order valence-corrected chi connectivity index (χ1v) is 21.2. The summed E-state index contributed by atoms with van der Waals surface area (Å²) in [6.07, 6.45) is 8.85. The van der Waals surface area contributed by atoms with Crippen LogP contribution in [0, 0.1) is 83.1 Å². The van der Waals surface area contributed by atoms with Crippen LogP contribution in [-0.4, -0.2) is 11.8 Å². The number of aryl methyl sites for hydroxylation is 12. The molecule has 0 saturated carbocycles. The summed E-state index contributed by atoms with van der Waals surface area (Å²) in [5.74, 6) is 0. The SMILES string of the molecule is Cc1cc(C)c(C2=C3C=CC(=N3)C(c3c(C)cc(C)cc3C)=c3ccc([n-]3)=C(c3c(C)cc(C)cc3C)C3C=CC(=C(c4c(C)cc(C)cc4C)c4ccc2[n-]4)[N-]3)c(C)c1.[Co+3]. The Balaban J connectivity index is 0.00000514. The number of hydrogen-bond acceptors (Lipinski definition) is 1. The summed E-state index contributed by atoms with van der Waals surface area (Å²) in [5, 5.41) is 7.50. The zero-order valence-corrected chi connectivity index (χ0v) is 38.5. The molecule has 5 heteroatoms. The summed E-state index contributed by atoms with van der Waals surface area (Å²) in [4.78, 5) is 16.8. The molecule has 0 N–H and O–H groups in total. The maximum Gasteiger partial charge on any atom is 3.00 e. The molecule has 3 aliphatic rings. The predicted octanol–water partition coefficient (Wildman–Crippen LogP) is 11.3. The fraction of sp³-hybridized carbons (Fsp3) is 0.232. The zero-order valence-electron chi connectivity index (χ0n) is 37.4. The molecule has 0 spiro atoms. The van der Waals surface area contributed by atoms with E-state index >= 15 is 0 Å². The Morgan fingerprint density at radius 3 is 1.36 bits per heavy atom. The third-order valence-electron chi connectivity index (χ3n) is 12.5. The molecule has 0 fully saturated rings. The Morgan fingerprint density at radius 2 is 0.852 bits per heavy atom. The first-order valence-electron chi connectivity index (χ1n) is 21.2. The number of fused-ring (bicyclic) bond motifs is 7. The predicted molar refractivity (Wildman–Crippen MR) is 251 cm³/mol. The number of benzene rings is 4. The van der Waals surface area contributed by atoms with Crippen molar-refractivity contribution >= 4 is 28.0 Å². The van der Waals surface area contributed by atoms with Crippen molar-refractivity contribution in [2.75, 3.05) is 0 Å². The minimum Gasteiger partial charge on any atom is -0.674 e. The van der Waals surface area contributed by atoms with Crippen LogP contribution in [0.15, 0.2) is 113 Å². The normalized spacial score (nSPS) is 15.8. The molecule has 9 rings (SSSR count). The van der Waals surface area contributed by atoms with Gasteiger partial charge in [0.15, 0.2) is 0 Å². The molecule has 4 aromatic carbocycles. The van der Waals surface area contributed by atoms with Crippen LogP contribution in [0.1, 0.15) is 100 Å². The minimum atomic E-state index is -0.263. The molecule has 0 radical (unpaired) electrons. The third kappa shape index (κ3) is 7.28. The van der Waals surface area contributed by atoms with Crippen molar-refractivity contribution in [3.05, 3.63) is 225 Å². The largest absolute Gasteiger partial charge is 3.00 e. The number of nitrogens with zero attached hydrogens (tertiary/aromatic N) is 4. The summed E-state index contributed by atoms with van der Waals surface area (Å²) in [5.41, 5.74) is 28.1. The molecule has 8 bridgehead atoms. The van der Waals surface area contributed by atoms with Gasteiger partial charge in [0.1, 0.15) is 0 Å². The molecule has 5 heterocycles. The average Bonchev–Trinajstić information content (AvgIpc) is 3.99. The standard InChI is InChI=1S/C56H53N4.Co/c1-29-21-33(5)49(34(6)22-29)53-41-13-15-43(57-41)54(50-35(7)23-30(2)24-36(50)8)45-17-19-47(59-45)56(52-39(11)27-32(4)28-40(52)12)48-20-18-46(60-48)55(44-16-14-42(53)58-44)51-37(9)25-31(3)26-38(51)10;/h13-28,41H,1-12H3;/q-3;+3. The summed E-state index contributed by atoms with van der Waals surface area (Å²) < 4.78 is 0. The Labute approximate surface area is 372 Å². The van der Waals surface area contributed by atoms with Gasteiger partial charge in [-0.25, -0.2) is 4.99 Å². The van der Waals surface area contributed by atoms with Crippen LogP contribution < -0.4 is 20.7 Å². The number of allylic oxidation sites excluding steroid dienone is 3. The Hall–Kier alpha value is -5.88. The van der Waals surface area contributed by atoms with Crippen LogP contribution >= 0.6 is 0 Å². The average molecular weight is 841 g/mol. The van der Waals surface area contributed by atoms with E-state index in [0.717, 1.165) is 61.5 Å². The molecule has 0 amide bonds. The van der Waals surface area contributed by atoms with E-state index in [-0.39, 0.29) is 22.8 Å². The smallest absolute Gasteiger partial charge is 0.674 e. The molecular formula is C56H53CoN4. The van der Waals surface area contributed by atoms with Crippen molar-refractivity contribution in [1.82, 2.24) is 9.97 Å². The van der Waals surface area contributed by atoms with Crippen LogP contribution in [-0.2, 0) is 16.8 Å². The molecule has 6 aromatic rings. The maximum absolute atomic E-state index is 5.68. The molecule has 306 valence electrons. The summed E-state index contributed by atoms with van der Waals surface area (Å²) in [6, 6.07) is 26.7. The molecule has 0 aliphatic carbocycles. The van der Waals surface area contributed by atoms with Crippen molar-refractivity contribution in [3.8, 4) is 0 Å². The Morgan fingerprint density at radius 1 is 0.426 bits per heavy atom. The van der Waals surface area contributed by atoms with E-state index in [1.807, 2.05) is 0 Å². The van der Waals surface area contributed by atoms with Gasteiger partial charge in [-0.2, -0.15) is 0 Å². The van der Waals surface area contributed by atoms with Crippen LogP contribution in [0.2, 0.25) is 0 Å². The van der Waals surface area contributed by atoms with Crippen LogP contribution in [0.25, 0.3) is 27.6 Å². The molecule has 1 unspecified atom stereocenters. The Kier molecular flexibility index (Phi) is 10.9. The summed E-state index contributed by atoms with van der Waals surface area (Å²) in [6.45, 7) is 26.4. The van der Waals surface area contributed by atoms with Gasteiger partial charge in [-0.15, -0.1) is 27.8 Å². The van der Waals surface area contributed by atoms with Crippen molar-refractivity contribution in [1.29, 1.82) is 0 Å². The van der Waals surface area contributed by atoms with Crippen molar-refractivity contribution < 1.29 is 16.8 Å². The van der Waals surface area contributed by atoms with Gasteiger partial charge in [0.2, 0.25) is 0 Å². The van der Waals surface area contributed by atoms with Gasteiger partial charge in [-0.05, 0) is 179 Å². The van der Waals surface area contributed by atoms with E-state index in [1.165, 1.54) is 89.0 Å². The van der Waals surface area contributed by atoms with Gasteiger partial charge in [0, 0.05) is 0 Å². The van der Waals surface area contributed by atoms with Gasteiger partial charge in [0.05, 0.1) is 11.4 Å². The second-order valence-electron chi connectivity index (χ2n) is 17.6. The third-order valence-corrected chi connectivity index (χ3v) is 12.5. The molecule has 1 atom stereocenters. The van der Waals surface area contributed by atoms with E-state index < -0.39 is 0 Å². The first-order chi connectivity index (χ1) is 28.7. The quantitative estimate of drug-likeness (QED) is 0.178. The van der Waals surface area contributed by atoms with Crippen LogP contribution in [0.4, 0.5) is 0 Å². The van der Waals surface area contributed by atoms with E-state index in [9.17, 15) is 0 Å². The van der Waals surface area contributed by atoms with E-state index in [1.54, 1.807) is 0 Å². The zero-order chi connectivity index (χ0) is 42.3. The van der Waals surface area contributed by atoms with Gasteiger partial charge in [-0.3, -0.25) is 0 Å². The molecule has 3 aliphatic heterocycles. The number of aromatic nitrogens is 2. The molecule has 0 saturated heterocycles. The second kappa shape index (κ2) is 15.9. The monoisotopic (exact) mass is 840 g/mol. The van der Waals surface area contributed by atoms with E-state index in [0.29, 0.717) is 0 Å². The fourth-order valence-electron chi connectivity index (χ4n) is 10.6. The molecular weight excluding hydrogens is 788 g/mol. The van der Waals surface area contributed by atoms with Gasteiger partial charge < -0.3 is 15.3 Å². The molecule has 61 heavy (non-hydrogen) atoms. The Bertz CT molecular complexity index is 3040. The summed E-state index contributed by atoms with van der Waals surface area (Å²) >= 11 is 0. The van der Waals surface area contributed by atoms with E-state index in [4.69, 9.17) is 20.3 Å². The maximum atomic E-state index is 5.68. The molecule has 2 aromatic heterocycles. The minimum absolute atomic E-state index is 0. The first kappa shape index (κ1) is 41.8.